The van der Waals surface area contributed by atoms with Crippen molar-refractivity contribution >= 4 is 21.4 Å². The van der Waals surface area contributed by atoms with Gasteiger partial charge < -0.3 is 5.73 Å². The molecule has 0 amide bonds. The molecule has 5 nitrogen and oxygen atoms in total. The normalized spacial score (nSPS) is 10.9. The van der Waals surface area contributed by atoms with Crippen LogP contribution < -0.4 is 10.5 Å². The highest BCUT2D eigenvalue weighted by molar-refractivity contribution is 7.92. The maximum absolute atomic E-state index is 13.0. The van der Waals surface area contributed by atoms with Crippen molar-refractivity contribution in [3.63, 3.8) is 0 Å². The van der Waals surface area contributed by atoms with Gasteiger partial charge in [-0.1, -0.05) is 12.1 Å². The highest BCUT2D eigenvalue weighted by Crippen LogP contribution is 2.20. The number of nitriles is 1. The summed E-state index contributed by atoms with van der Waals surface area (Å²) in [6, 6.07) is 11.5. The zero-order chi connectivity index (χ0) is 15.5. The van der Waals surface area contributed by atoms with E-state index in [-0.39, 0.29) is 22.7 Å². The molecule has 0 radical (unpaired) electrons. The van der Waals surface area contributed by atoms with Crippen LogP contribution in [-0.4, -0.2) is 8.42 Å². The van der Waals surface area contributed by atoms with Crippen LogP contribution in [0.15, 0.2) is 47.4 Å². The molecule has 3 N–H and O–H groups in total. The fourth-order valence-electron chi connectivity index (χ4n) is 1.70. The summed E-state index contributed by atoms with van der Waals surface area (Å²) < 4.78 is 39.7. The predicted octanol–water partition coefficient (Wildman–Crippen LogP) is 2.27. The van der Waals surface area contributed by atoms with Gasteiger partial charge in [-0.3, -0.25) is 4.72 Å². The van der Waals surface area contributed by atoms with E-state index in [2.05, 4.69) is 4.72 Å². The minimum absolute atomic E-state index is 0.0482. The zero-order valence-electron chi connectivity index (χ0n) is 10.9. The van der Waals surface area contributed by atoms with E-state index in [1.165, 1.54) is 24.3 Å². The number of anilines is 2. The van der Waals surface area contributed by atoms with E-state index in [1.807, 2.05) is 6.07 Å². The van der Waals surface area contributed by atoms with Gasteiger partial charge in [0.2, 0.25) is 0 Å². The van der Waals surface area contributed by atoms with E-state index >= 15 is 0 Å². The lowest BCUT2D eigenvalue weighted by atomic mass is 10.2. The third kappa shape index (κ3) is 3.49. The molecule has 0 unspecified atom stereocenters. The molecule has 0 saturated carbocycles. The minimum atomic E-state index is -3.79. The Labute approximate surface area is 121 Å². The van der Waals surface area contributed by atoms with Gasteiger partial charge in [-0.15, -0.1) is 0 Å². The Morgan fingerprint density at radius 3 is 2.43 bits per heavy atom. The molecule has 0 aromatic heterocycles. The largest absolute Gasteiger partial charge is 0.396 e. The van der Waals surface area contributed by atoms with Crippen LogP contribution >= 0.6 is 0 Å². The van der Waals surface area contributed by atoms with Gasteiger partial charge in [-0.25, -0.2) is 12.8 Å². The molecule has 21 heavy (non-hydrogen) atoms. The van der Waals surface area contributed by atoms with Crippen molar-refractivity contribution in [2.75, 3.05) is 10.5 Å². The number of nitrogens with one attached hydrogen (secondary N) is 1. The average Bonchev–Trinajstić information content (AvgIpc) is 2.44. The first-order chi connectivity index (χ1) is 9.92. The molecular formula is C14H12FN3O2S. The van der Waals surface area contributed by atoms with Crippen LogP contribution in [0.4, 0.5) is 15.8 Å². The lowest BCUT2D eigenvalue weighted by Crippen LogP contribution is -2.13. The Bertz CT molecular complexity index is 796. The number of nitrogens with two attached hydrogens (primary N) is 1. The SMILES string of the molecule is N#CCc1ccc(S(=O)(=O)Nc2ccc(F)c(N)c2)cc1. The third-order valence-corrected chi connectivity index (χ3v) is 4.16. The second-order valence-electron chi connectivity index (χ2n) is 4.32. The van der Waals surface area contributed by atoms with Crippen LogP contribution in [0.2, 0.25) is 0 Å². The Hall–Kier alpha value is -2.59. The van der Waals surface area contributed by atoms with E-state index < -0.39 is 15.8 Å². The van der Waals surface area contributed by atoms with Crippen molar-refractivity contribution in [1.29, 1.82) is 5.26 Å². The smallest absolute Gasteiger partial charge is 0.261 e. The summed E-state index contributed by atoms with van der Waals surface area (Å²) in [4.78, 5) is 0.0482. The van der Waals surface area contributed by atoms with Gasteiger partial charge in [0.1, 0.15) is 5.82 Å². The second-order valence-corrected chi connectivity index (χ2v) is 6.00. The number of nitrogens with zero attached hydrogens (tertiary/aromatic N) is 1. The number of nitrogen functional groups attached to an aromatic ring is 1. The molecule has 0 saturated heterocycles. The summed E-state index contributed by atoms with van der Waals surface area (Å²) in [5.41, 5.74) is 6.15. The number of halogens is 1. The highest BCUT2D eigenvalue weighted by Gasteiger charge is 2.14. The van der Waals surface area contributed by atoms with E-state index in [1.54, 1.807) is 12.1 Å². The number of benzene rings is 2. The van der Waals surface area contributed by atoms with E-state index in [0.717, 1.165) is 11.6 Å². The van der Waals surface area contributed by atoms with Gasteiger partial charge >= 0.3 is 0 Å². The molecule has 0 atom stereocenters. The van der Waals surface area contributed by atoms with E-state index in [9.17, 15) is 12.8 Å². The molecule has 0 spiro atoms. The van der Waals surface area contributed by atoms with Gasteiger partial charge in [0, 0.05) is 0 Å². The quantitative estimate of drug-likeness (QED) is 0.847. The highest BCUT2D eigenvalue weighted by atomic mass is 32.2. The number of hydrogen-bond acceptors (Lipinski definition) is 4. The van der Waals surface area contributed by atoms with E-state index in [0.29, 0.717) is 0 Å². The lowest BCUT2D eigenvalue weighted by molar-refractivity contribution is 0.601. The summed E-state index contributed by atoms with van der Waals surface area (Å²) >= 11 is 0. The molecule has 2 aromatic carbocycles. The topological polar surface area (TPSA) is 96.0 Å². The number of sulfonamides is 1. The van der Waals surface area contributed by atoms with Crippen molar-refractivity contribution in [2.24, 2.45) is 0 Å². The molecule has 7 heteroatoms. The average molecular weight is 305 g/mol. The zero-order valence-corrected chi connectivity index (χ0v) is 11.7. The maximum atomic E-state index is 13.0. The molecule has 108 valence electrons. The van der Waals surface area contributed by atoms with Crippen LogP contribution in [0.3, 0.4) is 0 Å². The van der Waals surface area contributed by atoms with Crippen LogP contribution in [0.5, 0.6) is 0 Å². The van der Waals surface area contributed by atoms with Crippen molar-refractivity contribution in [3.8, 4) is 6.07 Å². The summed E-state index contributed by atoms with van der Waals surface area (Å²) in [6.07, 6.45) is 0.211. The first kappa shape index (κ1) is 14.8. The van der Waals surface area contributed by atoms with Crippen LogP contribution in [0.1, 0.15) is 5.56 Å². The fraction of sp³-hybridized carbons (Fsp3) is 0.0714. The van der Waals surface area contributed by atoms with Gasteiger partial charge in [-0.2, -0.15) is 5.26 Å². The molecule has 2 aromatic rings. The first-order valence-corrected chi connectivity index (χ1v) is 7.44. The standard InChI is InChI=1S/C14H12FN3O2S/c15-13-6-3-11(9-14(13)17)18-21(19,20)12-4-1-10(2-5-12)7-8-16/h1-6,9,18H,7,17H2. The predicted molar refractivity (Wildman–Crippen MR) is 77.4 cm³/mol. The molecule has 0 aliphatic carbocycles. The molecule has 0 heterocycles. The Morgan fingerprint density at radius 1 is 1.19 bits per heavy atom. The summed E-state index contributed by atoms with van der Waals surface area (Å²) in [5.74, 6) is -0.612. The van der Waals surface area contributed by atoms with Gasteiger partial charge in [0.05, 0.1) is 28.8 Å². The molecular weight excluding hydrogens is 293 g/mol. The second kappa shape index (κ2) is 5.81. The third-order valence-electron chi connectivity index (χ3n) is 2.77. The minimum Gasteiger partial charge on any atom is -0.396 e. The van der Waals surface area contributed by atoms with Crippen molar-refractivity contribution < 1.29 is 12.8 Å². The van der Waals surface area contributed by atoms with Crippen molar-refractivity contribution in [1.82, 2.24) is 0 Å². The lowest BCUT2D eigenvalue weighted by Gasteiger charge is -2.09. The van der Waals surface area contributed by atoms with E-state index in [4.69, 9.17) is 11.0 Å². The van der Waals surface area contributed by atoms with Gasteiger partial charge in [-0.05, 0) is 35.9 Å². The molecule has 0 fully saturated rings. The van der Waals surface area contributed by atoms with Crippen LogP contribution in [-0.2, 0) is 16.4 Å². The maximum Gasteiger partial charge on any atom is 0.261 e. The molecule has 0 aliphatic heterocycles. The first-order valence-electron chi connectivity index (χ1n) is 5.96. The van der Waals surface area contributed by atoms with Crippen LogP contribution in [0, 0.1) is 17.1 Å². The summed E-state index contributed by atoms with van der Waals surface area (Å²) in [6.45, 7) is 0. The monoisotopic (exact) mass is 305 g/mol. The Kier molecular flexibility index (Phi) is 4.10. The Balaban J connectivity index is 2.25. The number of rotatable bonds is 4. The fourth-order valence-corrected chi connectivity index (χ4v) is 2.75. The molecule has 2 rings (SSSR count). The van der Waals surface area contributed by atoms with Crippen LogP contribution in [0.25, 0.3) is 0 Å². The van der Waals surface area contributed by atoms with Crippen molar-refractivity contribution in [3.05, 3.63) is 53.8 Å². The molecule has 0 bridgehead atoms. The van der Waals surface area contributed by atoms with Gasteiger partial charge in [0.15, 0.2) is 0 Å². The summed E-state index contributed by atoms with van der Waals surface area (Å²) in [5, 5.41) is 8.57. The summed E-state index contributed by atoms with van der Waals surface area (Å²) in [7, 11) is -3.79. The molecule has 0 aliphatic rings. The van der Waals surface area contributed by atoms with Crippen molar-refractivity contribution in [2.45, 2.75) is 11.3 Å². The number of hydrogen-bond donors (Lipinski definition) is 2. The van der Waals surface area contributed by atoms with Gasteiger partial charge in [0.25, 0.3) is 10.0 Å². The Morgan fingerprint density at radius 2 is 1.86 bits per heavy atom.